The lowest BCUT2D eigenvalue weighted by molar-refractivity contribution is -0.138. The van der Waals surface area contributed by atoms with Crippen LogP contribution in [0, 0.1) is 0 Å². The van der Waals surface area contributed by atoms with E-state index >= 15 is 0 Å². The minimum Gasteiger partial charge on any atom is -0.491 e. The highest BCUT2D eigenvalue weighted by molar-refractivity contribution is 7.13. The van der Waals surface area contributed by atoms with Crippen LogP contribution in [0.15, 0.2) is 29.6 Å². The number of carboxylic acids is 1. The van der Waals surface area contributed by atoms with Crippen molar-refractivity contribution in [3.8, 4) is 16.3 Å². The summed E-state index contributed by atoms with van der Waals surface area (Å²) in [6.07, 6.45) is 0.0949. The summed E-state index contributed by atoms with van der Waals surface area (Å²) in [7, 11) is 0. The Morgan fingerprint density at radius 2 is 2.20 bits per heavy atom. The maximum atomic E-state index is 10.8. The van der Waals surface area contributed by atoms with Gasteiger partial charge in [-0.2, -0.15) is 0 Å². The molecule has 0 amide bonds. The van der Waals surface area contributed by atoms with Gasteiger partial charge in [0.05, 0.1) is 11.8 Å². The topological polar surface area (TPSA) is 85.4 Å². The molecule has 2 rings (SSSR count). The monoisotopic (exact) mass is 292 g/mol. The fourth-order valence-electron chi connectivity index (χ4n) is 1.66. The van der Waals surface area contributed by atoms with Gasteiger partial charge in [-0.3, -0.25) is 4.79 Å². The van der Waals surface area contributed by atoms with E-state index in [1.807, 2.05) is 38.1 Å². The van der Waals surface area contributed by atoms with Crippen molar-refractivity contribution < 1.29 is 14.6 Å². The van der Waals surface area contributed by atoms with E-state index in [0.717, 1.165) is 16.3 Å². The zero-order valence-corrected chi connectivity index (χ0v) is 12.1. The molecule has 0 bridgehead atoms. The Morgan fingerprint density at radius 3 is 2.85 bits per heavy atom. The summed E-state index contributed by atoms with van der Waals surface area (Å²) in [5.41, 5.74) is 6.80. The number of hydrogen-bond acceptors (Lipinski definition) is 5. The third-order valence-corrected chi connectivity index (χ3v) is 3.47. The molecule has 0 radical (unpaired) electrons. The van der Waals surface area contributed by atoms with Gasteiger partial charge in [0, 0.05) is 10.9 Å². The standard InChI is InChI=1S/C14H16N2O3S/c1-8(2)19-10-5-3-4-9(6-10)13-16-11(7-20-13)12(15)14(17)18/h3-8,12H,15H2,1-2H3,(H,17,18). The van der Waals surface area contributed by atoms with E-state index in [9.17, 15) is 4.79 Å². The number of rotatable bonds is 5. The first-order valence-electron chi connectivity index (χ1n) is 6.18. The summed E-state index contributed by atoms with van der Waals surface area (Å²) in [6, 6.07) is 6.46. The molecule has 1 aromatic heterocycles. The number of carbonyl (C=O) groups is 1. The molecule has 0 saturated heterocycles. The molecule has 1 atom stereocenters. The van der Waals surface area contributed by atoms with Crippen LogP contribution in [0.2, 0.25) is 0 Å². The van der Waals surface area contributed by atoms with Gasteiger partial charge in [0.1, 0.15) is 16.8 Å². The molecular formula is C14H16N2O3S. The molecule has 0 spiro atoms. The van der Waals surface area contributed by atoms with E-state index in [1.165, 1.54) is 11.3 Å². The van der Waals surface area contributed by atoms with Gasteiger partial charge in [0.25, 0.3) is 0 Å². The first kappa shape index (κ1) is 14.5. The van der Waals surface area contributed by atoms with Gasteiger partial charge >= 0.3 is 5.97 Å². The second-order valence-electron chi connectivity index (χ2n) is 4.59. The summed E-state index contributed by atoms with van der Waals surface area (Å²) >= 11 is 1.37. The van der Waals surface area contributed by atoms with E-state index in [0.29, 0.717) is 5.69 Å². The highest BCUT2D eigenvalue weighted by Gasteiger charge is 2.18. The maximum absolute atomic E-state index is 10.8. The van der Waals surface area contributed by atoms with Crippen LogP contribution in [0.3, 0.4) is 0 Å². The summed E-state index contributed by atoms with van der Waals surface area (Å²) in [6.45, 7) is 3.92. The van der Waals surface area contributed by atoms with Gasteiger partial charge in [0.15, 0.2) is 0 Å². The summed E-state index contributed by atoms with van der Waals surface area (Å²) in [4.78, 5) is 15.1. The van der Waals surface area contributed by atoms with Gasteiger partial charge in [-0.1, -0.05) is 12.1 Å². The van der Waals surface area contributed by atoms with Crippen LogP contribution < -0.4 is 10.5 Å². The zero-order valence-electron chi connectivity index (χ0n) is 11.2. The highest BCUT2D eigenvalue weighted by Crippen LogP contribution is 2.28. The van der Waals surface area contributed by atoms with Gasteiger partial charge in [-0.25, -0.2) is 4.98 Å². The normalized spacial score (nSPS) is 12.4. The SMILES string of the molecule is CC(C)Oc1cccc(-c2nc(C(N)C(=O)O)cs2)c1. The van der Waals surface area contributed by atoms with Crippen molar-refractivity contribution in [2.24, 2.45) is 5.73 Å². The number of aliphatic carboxylic acids is 1. The van der Waals surface area contributed by atoms with E-state index in [4.69, 9.17) is 15.6 Å². The number of aromatic nitrogens is 1. The molecule has 0 saturated carbocycles. The molecule has 0 aliphatic carbocycles. The summed E-state index contributed by atoms with van der Waals surface area (Å²) < 4.78 is 5.63. The molecule has 1 heterocycles. The summed E-state index contributed by atoms with van der Waals surface area (Å²) in [5.74, 6) is -0.324. The smallest absolute Gasteiger partial charge is 0.326 e. The fourth-order valence-corrected chi connectivity index (χ4v) is 2.52. The number of carboxylic acid groups (broad SMARTS) is 1. The quantitative estimate of drug-likeness (QED) is 0.885. The third kappa shape index (κ3) is 3.34. The first-order chi connectivity index (χ1) is 9.47. The lowest BCUT2D eigenvalue weighted by atomic mass is 10.2. The minimum atomic E-state index is -1.09. The maximum Gasteiger partial charge on any atom is 0.326 e. The molecule has 0 fully saturated rings. The molecule has 3 N–H and O–H groups in total. The molecular weight excluding hydrogens is 276 g/mol. The number of nitrogens with zero attached hydrogens (tertiary/aromatic N) is 1. The lowest BCUT2D eigenvalue weighted by Crippen LogP contribution is -2.20. The predicted octanol–water partition coefficient (Wildman–Crippen LogP) is 2.68. The van der Waals surface area contributed by atoms with Crippen LogP contribution in [-0.2, 0) is 4.79 Å². The Kier molecular flexibility index (Phi) is 4.36. The number of thiazole rings is 1. The van der Waals surface area contributed by atoms with Crippen LogP contribution in [0.1, 0.15) is 25.6 Å². The molecule has 0 aliphatic rings. The van der Waals surface area contributed by atoms with Crippen LogP contribution in [-0.4, -0.2) is 22.2 Å². The largest absolute Gasteiger partial charge is 0.491 e. The van der Waals surface area contributed by atoms with Crippen LogP contribution in [0.5, 0.6) is 5.75 Å². The van der Waals surface area contributed by atoms with Crippen LogP contribution in [0.25, 0.3) is 10.6 Å². The van der Waals surface area contributed by atoms with Gasteiger partial charge in [-0.05, 0) is 26.0 Å². The zero-order chi connectivity index (χ0) is 14.7. The van der Waals surface area contributed by atoms with Crippen molar-refractivity contribution in [2.45, 2.75) is 26.0 Å². The van der Waals surface area contributed by atoms with E-state index in [2.05, 4.69) is 4.98 Å². The van der Waals surface area contributed by atoms with Crippen molar-refractivity contribution in [3.63, 3.8) is 0 Å². The van der Waals surface area contributed by atoms with E-state index < -0.39 is 12.0 Å². The fraction of sp³-hybridized carbons (Fsp3) is 0.286. The first-order valence-corrected chi connectivity index (χ1v) is 7.06. The van der Waals surface area contributed by atoms with E-state index in [1.54, 1.807) is 5.38 Å². The molecule has 1 unspecified atom stereocenters. The average molecular weight is 292 g/mol. The van der Waals surface area contributed by atoms with Crippen LogP contribution in [0.4, 0.5) is 0 Å². The molecule has 6 heteroatoms. The van der Waals surface area contributed by atoms with Gasteiger partial charge in [0.2, 0.25) is 0 Å². The Labute approximate surface area is 121 Å². The Bertz CT molecular complexity index is 610. The van der Waals surface area contributed by atoms with Crippen molar-refractivity contribution in [3.05, 3.63) is 35.3 Å². The number of ether oxygens (including phenoxy) is 1. The van der Waals surface area contributed by atoms with E-state index in [-0.39, 0.29) is 6.10 Å². The molecule has 0 aliphatic heterocycles. The van der Waals surface area contributed by atoms with Crippen molar-refractivity contribution >= 4 is 17.3 Å². The van der Waals surface area contributed by atoms with Crippen molar-refractivity contribution in [2.75, 3.05) is 0 Å². The van der Waals surface area contributed by atoms with Gasteiger partial charge in [-0.15, -0.1) is 11.3 Å². The molecule has 20 heavy (non-hydrogen) atoms. The van der Waals surface area contributed by atoms with Crippen molar-refractivity contribution in [1.29, 1.82) is 0 Å². The number of hydrogen-bond donors (Lipinski definition) is 2. The van der Waals surface area contributed by atoms with Crippen LogP contribution >= 0.6 is 11.3 Å². The second kappa shape index (κ2) is 6.02. The Morgan fingerprint density at radius 1 is 1.45 bits per heavy atom. The summed E-state index contributed by atoms with van der Waals surface area (Å²) in [5, 5.41) is 11.3. The second-order valence-corrected chi connectivity index (χ2v) is 5.45. The molecule has 106 valence electrons. The highest BCUT2D eigenvalue weighted by atomic mass is 32.1. The molecule has 5 nitrogen and oxygen atoms in total. The number of benzene rings is 1. The Balaban J connectivity index is 2.26. The Hall–Kier alpha value is -1.92. The minimum absolute atomic E-state index is 0.0949. The lowest BCUT2D eigenvalue weighted by Gasteiger charge is -2.10. The number of nitrogens with two attached hydrogens (primary N) is 1. The average Bonchev–Trinajstić information content (AvgIpc) is 2.86. The molecule has 2 aromatic rings. The van der Waals surface area contributed by atoms with Crippen molar-refractivity contribution in [1.82, 2.24) is 4.98 Å². The third-order valence-electron chi connectivity index (χ3n) is 2.56. The van der Waals surface area contributed by atoms with Gasteiger partial charge < -0.3 is 15.6 Å². The predicted molar refractivity (Wildman–Crippen MR) is 77.9 cm³/mol. The molecule has 1 aromatic carbocycles.